The molecule has 838 valence electrons. The number of likely N-dealkylation sites (N-methyl/N-ethyl adjacent to an activating group) is 1. The molecule has 2 aromatic rings. The van der Waals surface area contributed by atoms with Crippen molar-refractivity contribution in [3.63, 3.8) is 0 Å². The van der Waals surface area contributed by atoms with Crippen LogP contribution in [0.3, 0.4) is 0 Å². The van der Waals surface area contributed by atoms with Crippen LogP contribution in [0.1, 0.15) is 181 Å². The fourth-order valence-corrected chi connectivity index (χ4v) is 21.9. The minimum absolute atomic E-state index is 0.00663. The smallest absolute Gasteiger partial charge is 0.411 e. The zero-order valence-electron chi connectivity index (χ0n) is 88.8. The number of hydrogen-bond donors (Lipinski definition) is 15. The fraction of sp³-hybridized carbons (Fsp3) is 0.708. The first-order valence-electron chi connectivity index (χ1n) is 53.5. The molecule has 2 heterocycles. The van der Waals surface area contributed by atoms with Crippen molar-refractivity contribution in [1.29, 1.82) is 0 Å². The minimum Gasteiger partial charge on any atom is -0.486 e. The van der Waals surface area contributed by atoms with Crippen LogP contribution in [-0.4, -0.2) is 327 Å². The summed E-state index contributed by atoms with van der Waals surface area (Å²) >= 11 is 0. The highest BCUT2D eigenvalue weighted by Crippen LogP contribution is 2.72. The lowest BCUT2D eigenvalue weighted by Gasteiger charge is -2.63. The molecule has 9 amide bonds. The zero-order valence-corrected chi connectivity index (χ0v) is 88.8. The van der Waals surface area contributed by atoms with E-state index in [0.717, 1.165) is 67.7 Å². The average molecular weight is 2120 g/mol. The van der Waals surface area contributed by atoms with Crippen LogP contribution in [0.5, 0.6) is 5.75 Å². The molecular weight excluding hydrogens is 1950 g/mol. The molecule has 2 unspecified atom stereocenters. The summed E-state index contributed by atoms with van der Waals surface area (Å²) in [5.74, 6) is 1.07. The number of aliphatic hydroxyl groups is 1. The predicted octanol–water partition coefficient (Wildman–Crippen LogP) is 7.14. The van der Waals surface area contributed by atoms with E-state index in [0.29, 0.717) is 178 Å². The third-order valence-electron chi connectivity index (χ3n) is 30.0. The van der Waals surface area contributed by atoms with Gasteiger partial charge in [0.2, 0.25) is 35.3 Å². The number of carbonyl (C=O) groups is 11. The van der Waals surface area contributed by atoms with E-state index in [1.807, 2.05) is 19.0 Å². The Bertz CT molecular complexity index is 4850. The van der Waals surface area contributed by atoms with E-state index in [4.69, 9.17) is 77.9 Å². The van der Waals surface area contributed by atoms with Crippen molar-refractivity contribution in [3.05, 3.63) is 101 Å². The highest BCUT2D eigenvalue weighted by molar-refractivity contribution is 6.02. The fourth-order valence-electron chi connectivity index (χ4n) is 21.9. The normalized spacial score (nSPS) is 25.2. The molecule has 42 nitrogen and oxygen atoms in total. The van der Waals surface area contributed by atoms with Gasteiger partial charge in [0.25, 0.3) is 0 Å². The molecule has 2 aromatic carbocycles. The van der Waals surface area contributed by atoms with Gasteiger partial charge in [-0.2, -0.15) is 0 Å². The van der Waals surface area contributed by atoms with Crippen LogP contribution in [0.4, 0.5) is 34.5 Å². The SMILES string of the molecule is CCCC1O[C@@H]2C[C@H]3[C@@H]4C[C@H](F)C5=CC(=O)C=C[C@]5(C)[C@@]4(F)[C@@H](O)C[C@]3(C)[C@]2(C(=O)COc2ccc(NC(=O)OCc3ccc(NC(=O)[C@H](CCCNC(N)=O)CC(=O)[C@@H](NC(=O)[C@@H](CCCCNC(=O)COC4CCCCCC(NCCOCCOCCOCCOCCC(=O)NCC[N+](C)(C)C)=C4NN)NC(=O)CCOCCOCCOCCOCCNC(=O)OC[C@@H]4[C@@H]5CCC6=C(CC[C@@H]54)NNN6C)C(C)C)cc3)cc2)O1. The Morgan fingerprint density at radius 3 is 1.93 bits per heavy atom. The number of hydrogen-bond acceptors (Lipinski definition) is 32. The van der Waals surface area contributed by atoms with Crippen molar-refractivity contribution in [2.75, 3.05) is 204 Å². The van der Waals surface area contributed by atoms with Gasteiger partial charge in [-0.25, -0.2) is 23.2 Å². The molecule has 44 heteroatoms. The van der Waals surface area contributed by atoms with Crippen LogP contribution >= 0.6 is 0 Å². The number of aliphatic hydroxyl groups excluding tert-OH is 1. The number of ketones is 3. The molecule has 4 saturated carbocycles. The maximum absolute atomic E-state index is 18.1. The molecule has 9 aliphatic rings. The number of primary amides is 1. The monoisotopic (exact) mass is 2120 g/mol. The predicted molar refractivity (Wildman–Crippen MR) is 549 cm³/mol. The molecule has 17 atom stereocenters. The van der Waals surface area contributed by atoms with Crippen LogP contribution in [0.15, 0.2) is 95.1 Å². The number of rotatable bonds is 67. The lowest BCUT2D eigenvalue weighted by atomic mass is 9.44. The first kappa shape index (κ1) is 120. The molecule has 0 spiro atoms. The maximum Gasteiger partial charge on any atom is 0.411 e. The number of halogens is 2. The number of hydrazine groups is 3. The Morgan fingerprint density at radius 1 is 0.653 bits per heavy atom. The zero-order chi connectivity index (χ0) is 108. The van der Waals surface area contributed by atoms with Crippen molar-refractivity contribution >= 4 is 76.5 Å². The largest absolute Gasteiger partial charge is 0.486 e. The molecule has 11 rings (SSSR count). The summed E-state index contributed by atoms with van der Waals surface area (Å²) in [5, 5.41) is 39.9. The van der Waals surface area contributed by atoms with Crippen molar-refractivity contribution in [3.8, 4) is 5.75 Å². The summed E-state index contributed by atoms with van der Waals surface area (Å²) in [7, 11) is 8.22. The standard InChI is InChI=1S/C106H164F2N16O26/c1-10-17-95-149-91-63-79-80-62-82(107)81-61-74(125)34-37-103(81,4)105(80,108)89(127)64-104(79,5)106(91,150-95)90(128)67-145-75-28-26-73(27-29-75)117-102(136)147-65-70-22-24-72(25-23-70)116-98(132)71(18-16-39-114-100(109)134)60-87(126)96(69(2)3)119-99(133)85(118-93(130)36-45-138-49-53-142-57-59-144-55-51-140-47-42-115-101(135)148-66-78-76-30-32-83-86(33-31-77(76)78)123(6)122-121-83)20-14-15-38-112-94(131)68-146-88-21-13-11-12-19-84(97(88)120-110)111-41-46-139-50-54-143-58-56-141-52-48-137-44-35-92(129)113-40-43-124(7,8)9/h22-29,34,37,61,69,71,76-80,82,85,88-89,91,95-96,111,120-122,127H,10-21,30-33,35-36,38-60,62-68,110H2,1-9H3,(H9-,109,112,113,114,115,116,117,118,119,129,130,131,132,133,134,135,136)/p+1/t71-,76+,77-,78+,79+,80+,82+,85-,88?,89+,91-,95?,96+,103+,104+,105+,106-/m1/s1. The van der Waals surface area contributed by atoms with Crippen LogP contribution in [0.25, 0.3) is 0 Å². The number of ether oxygens (including phenoxy) is 14. The van der Waals surface area contributed by atoms with E-state index in [-0.39, 0.29) is 140 Å². The first-order valence-corrected chi connectivity index (χ1v) is 53.5. The van der Waals surface area contributed by atoms with Gasteiger partial charge in [-0.1, -0.05) is 65.2 Å². The minimum atomic E-state index is -2.37. The number of nitrogens with two attached hydrogens (primary N) is 2. The van der Waals surface area contributed by atoms with E-state index < -0.39 is 149 Å². The number of allylic oxidation sites excluding steroid dienone is 7. The van der Waals surface area contributed by atoms with Gasteiger partial charge in [0.15, 0.2) is 29.1 Å². The Kier molecular flexibility index (Phi) is 47.9. The molecule has 17 N–H and O–H groups in total. The highest BCUT2D eigenvalue weighted by Gasteiger charge is 2.80. The van der Waals surface area contributed by atoms with E-state index in [2.05, 4.69) is 85.4 Å². The number of carbonyl (C=O) groups excluding carboxylic acids is 11. The van der Waals surface area contributed by atoms with E-state index in [1.54, 1.807) is 45.0 Å². The van der Waals surface area contributed by atoms with Crippen LogP contribution in [0, 0.1) is 52.3 Å². The lowest BCUT2D eigenvalue weighted by molar-refractivity contribution is -0.869. The first-order chi connectivity index (χ1) is 72.1. The average Bonchev–Trinajstić information content (AvgIpc) is 1.09. The van der Waals surface area contributed by atoms with Crippen molar-refractivity contribution in [2.45, 2.75) is 237 Å². The van der Waals surface area contributed by atoms with Gasteiger partial charge in [0, 0.05) is 97.9 Å². The second kappa shape index (κ2) is 59.9. The molecule has 0 bridgehead atoms. The summed E-state index contributed by atoms with van der Waals surface area (Å²) in [6.07, 6.45) is 6.73. The van der Waals surface area contributed by atoms with Gasteiger partial charge in [0.05, 0.1) is 176 Å². The van der Waals surface area contributed by atoms with Crippen LogP contribution < -0.4 is 80.6 Å². The number of amides is 9. The summed E-state index contributed by atoms with van der Waals surface area (Å²) in [6, 6.07) is 9.47. The highest BCUT2D eigenvalue weighted by atomic mass is 19.1. The molecule has 1 saturated heterocycles. The van der Waals surface area contributed by atoms with Gasteiger partial charge in [0.1, 0.15) is 43.9 Å². The van der Waals surface area contributed by atoms with E-state index >= 15 is 8.78 Å². The molecule has 150 heavy (non-hydrogen) atoms. The molecule has 2 aliphatic heterocycles. The number of Topliss-reactive ketones (excluding diaryl/α,β-unsaturated/α-hetero) is 2. The summed E-state index contributed by atoms with van der Waals surface area (Å²) in [6.45, 7) is 15.4. The maximum atomic E-state index is 18.1. The number of urea groups is 1. The van der Waals surface area contributed by atoms with Crippen molar-refractivity contribution in [2.24, 2.45) is 63.8 Å². The topological polar surface area (TPSA) is 537 Å². The second-order valence-electron chi connectivity index (χ2n) is 41.9. The number of fused-ring (bicyclic) bond motifs is 8. The number of anilines is 2. The van der Waals surface area contributed by atoms with Crippen molar-refractivity contribution < 1.29 is 137 Å². The van der Waals surface area contributed by atoms with E-state index in [1.165, 1.54) is 54.7 Å². The Hall–Kier alpha value is -10.2. The quantitative estimate of drug-likeness (QED) is 0.0135. The number of benzene rings is 2. The molecule has 5 fully saturated rings. The Labute approximate surface area is 878 Å². The summed E-state index contributed by atoms with van der Waals surface area (Å²) < 4.78 is 117. The molecule has 0 radical (unpaired) electrons. The summed E-state index contributed by atoms with van der Waals surface area (Å²) in [5.41, 5.74) is 13.0. The van der Waals surface area contributed by atoms with Crippen LogP contribution in [0.2, 0.25) is 0 Å². The molecular formula is C106H165F2N16O26+. The van der Waals surface area contributed by atoms with Gasteiger partial charge >= 0.3 is 18.2 Å². The molecule has 0 aromatic heterocycles. The third-order valence-corrected chi connectivity index (χ3v) is 30.0. The van der Waals surface area contributed by atoms with Gasteiger partial charge < -0.3 is 135 Å². The number of nitrogens with zero attached hydrogens (tertiary/aromatic N) is 2. The Morgan fingerprint density at radius 2 is 1.28 bits per heavy atom. The number of quaternary nitrogens is 1. The van der Waals surface area contributed by atoms with Gasteiger partial charge in [-0.15, -0.1) is 5.53 Å². The third kappa shape index (κ3) is 34.9. The van der Waals surface area contributed by atoms with Gasteiger partial charge in [-0.05, 0) is 199 Å². The lowest BCUT2D eigenvalue weighted by Crippen LogP contribution is -2.71. The van der Waals surface area contributed by atoms with Crippen LogP contribution in [-0.2, 0) is 107 Å². The van der Waals surface area contributed by atoms with Gasteiger partial charge in [-0.3, -0.25) is 54.5 Å². The molecule has 7 aliphatic carbocycles. The second-order valence-corrected chi connectivity index (χ2v) is 41.9. The number of alkyl halides is 2. The Balaban J connectivity index is 0.612. The summed E-state index contributed by atoms with van der Waals surface area (Å²) in [4.78, 5) is 148. The number of unbranched alkanes of at least 4 members (excludes halogenated alkanes) is 1. The van der Waals surface area contributed by atoms with E-state index in [9.17, 15) is 57.8 Å². The number of alkyl carbamates (subject to hydrolysis) is 1. The van der Waals surface area contributed by atoms with Crippen molar-refractivity contribution in [1.82, 2.24) is 58.6 Å². The number of nitrogens with one attached hydrogen (secondary N) is 12.